The lowest BCUT2D eigenvalue weighted by atomic mass is 10.0. The summed E-state index contributed by atoms with van der Waals surface area (Å²) in [6.45, 7) is 0. The third kappa shape index (κ3) is 3.29. The molecule has 0 saturated carbocycles. The first-order valence-electron chi connectivity index (χ1n) is 5.51. The van der Waals surface area contributed by atoms with E-state index in [1.54, 1.807) is 6.07 Å². The summed E-state index contributed by atoms with van der Waals surface area (Å²) < 4.78 is 53.6. The molecule has 5 heteroatoms. The van der Waals surface area contributed by atoms with Gasteiger partial charge in [-0.15, -0.1) is 19.6 Å². The Morgan fingerprint density at radius 3 is 2.10 bits per heavy atom. The maximum absolute atomic E-state index is 12.8. The van der Waals surface area contributed by atoms with Gasteiger partial charge in [0.25, 0.3) is 0 Å². The lowest BCUT2D eigenvalue weighted by Crippen LogP contribution is -2.17. The summed E-state index contributed by atoms with van der Waals surface area (Å²) in [6, 6.07) is 9.42. The monoisotopic (exact) mass is 280 g/mol. The Morgan fingerprint density at radius 2 is 1.55 bits per heavy atom. The van der Waals surface area contributed by atoms with Crippen molar-refractivity contribution in [2.75, 3.05) is 0 Å². The average molecular weight is 280 g/mol. The van der Waals surface area contributed by atoms with Crippen LogP contribution in [-0.2, 0) is 0 Å². The highest BCUT2D eigenvalue weighted by Gasteiger charge is 2.32. The molecule has 0 saturated heterocycles. The van der Waals surface area contributed by atoms with E-state index in [9.17, 15) is 17.6 Å². The molecular weight excluding hydrogens is 272 g/mol. The van der Waals surface area contributed by atoms with E-state index in [0.717, 1.165) is 0 Å². The van der Waals surface area contributed by atoms with Gasteiger partial charge in [0.2, 0.25) is 0 Å². The van der Waals surface area contributed by atoms with Gasteiger partial charge in [-0.25, -0.2) is 4.39 Å². The van der Waals surface area contributed by atoms with Crippen LogP contribution in [0.3, 0.4) is 0 Å². The van der Waals surface area contributed by atoms with Gasteiger partial charge in [-0.05, 0) is 35.4 Å². The van der Waals surface area contributed by atoms with Crippen LogP contribution >= 0.6 is 0 Å². The molecule has 0 unspecified atom stereocenters. The maximum Gasteiger partial charge on any atom is 0.573 e. The SMILES string of the molecule is C#Cc1ccc(-c2ccc(F)cc2)cc1OC(F)(F)F. The molecule has 102 valence electrons. The average Bonchev–Trinajstić information content (AvgIpc) is 2.37. The number of halogens is 4. The van der Waals surface area contributed by atoms with Crippen LogP contribution in [-0.4, -0.2) is 6.36 Å². The Balaban J connectivity index is 2.44. The zero-order valence-electron chi connectivity index (χ0n) is 10.0. The third-order valence-corrected chi connectivity index (χ3v) is 2.54. The summed E-state index contributed by atoms with van der Waals surface area (Å²) in [7, 11) is 0. The van der Waals surface area contributed by atoms with Crippen LogP contribution in [0.15, 0.2) is 42.5 Å². The van der Waals surface area contributed by atoms with Crippen LogP contribution < -0.4 is 4.74 Å². The first kappa shape index (κ1) is 13.9. The number of terminal acetylenes is 1. The van der Waals surface area contributed by atoms with E-state index in [0.29, 0.717) is 11.1 Å². The smallest absolute Gasteiger partial charge is 0.404 e. The summed E-state index contributed by atoms with van der Waals surface area (Å²) in [4.78, 5) is 0. The highest BCUT2D eigenvalue weighted by atomic mass is 19.4. The molecule has 0 N–H and O–H groups in total. The predicted molar refractivity (Wildman–Crippen MR) is 66.5 cm³/mol. The normalized spacial score (nSPS) is 10.9. The minimum Gasteiger partial charge on any atom is -0.404 e. The van der Waals surface area contributed by atoms with Crippen molar-refractivity contribution in [2.24, 2.45) is 0 Å². The number of hydrogen-bond acceptors (Lipinski definition) is 1. The molecule has 0 aliphatic carbocycles. The van der Waals surface area contributed by atoms with Crippen LogP contribution in [0.4, 0.5) is 17.6 Å². The molecule has 0 fully saturated rings. The van der Waals surface area contributed by atoms with Gasteiger partial charge in [0.1, 0.15) is 11.6 Å². The van der Waals surface area contributed by atoms with Crippen LogP contribution in [0.2, 0.25) is 0 Å². The molecule has 0 heterocycles. The summed E-state index contributed by atoms with van der Waals surface area (Å²) in [5.74, 6) is 1.23. The van der Waals surface area contributed by atoms with Crippen molar-refractivity contribution < 1.29 is 22.3 Å². The zero-order valence-corrected chi connectivity index (χ0v) is 10.0. The van der Waals surface area contributed by atoms with E-state index in [1.807, 2.05) is 0 Å². The molecule has 0 spiro atoms. The van der Waals surface area contributed by atoms with Gasteiger partial charge in [0, 0.05) is 0 Å². The predicted octanol–water partition coefficient (Wildman–Crippen LogP) is 4.37. The van der Waals surface area contributed by atoms with Crippen LogP contribution in [0, 0.1) is 18.2 Å². The van der Waals surface area contributed by atoms with E-state index < -0.39 is 17.9 Å². The minimum absolute atomic E-state index is 0.00631. The fourth-order valence-corrected chi connectivity index (χ4v) is 1.67. The summed E-state index contributed by atoms with van der Waals surface area (Å²) in [5.41, 5.74) is 0.999. The second-order valence-electron chi connectivity index (χ2n) is 3.91. The highest BCUT2D eigenvalue weighted by molar-refractivity contribution is 5.67. The second kappa shape index (κ2) is 5.25. The topological polar surface area (TPSA) is 9.23 Å². The molecule has 0 amide bonds. The third-order valence-electron chi connectivity index (χ3n) is 2.54. The van der Waals surface area contributed by atoms with Crippen molar-refractivity contribution >= 4 is 0 Å². The van der Waals surface area contributed by atoms with Crippen molar-refractivity contribution in [3.05, 3.63) is 53.8 Å². The molecule has 2 rings (SSSR count). The summed E-state index contributed by atoms with van der Waals surface area (Å²) >= 11 is 0. The number of rotatable bonds is 2. The van der Waals surface area contributed by atoms with Gasteiger partial charge in [0.15, 0.2) is 0 Å². The summed E-state index contributed by atoms with van der Waals surface area (Å²) in [5, 5.41) is 0. The van der Waals surface area contributed by atoms with E-state index in [4.69, 9.17) is 6.42 Å². The summed E-state index contributed by atoms with van der Waals surface area (Å²) in [6.07, 6.45) is 0.305. The molecule has 0 aromatic heterocycles. The van der Waals surface area contributed by atoms with Crippen LogP contribution in [0.5, 0.6) is 5.75 Å². The van der Waals surface area contributed by atoms with Crippen molar-refractivity contribution in [2.45, 2.75) is 6.36 Å². The Bertz CT molecular complexity index is 651. The quantitative estimate of drug-likeness (QED) is 0.586. The molecule has 2 aromatic rings. The molecule has 0 atom stereocenters. The van der Waals surface area contributed by atoms with Gasteiger partial charge < -0.3 is 4.74 Å². The van der Waals surface area contributed by atoms with Crippen molar-refractivity contribution in [3.63, 3.8) is 0 Å². The maximum atomic E-state index is 12.8. The fourth-order valence-electron chi connectivity index (χ4n) is 1.67. The Morgan fingerprint density at radius 1 is 0.950 bits per heavy atom. The van der Waals surface area contributed by atoms with Crippen LogP contribution in [0.1, 0.15) is 5.56 Å². The molecule has 2 aromatic carbocycles. The molecule has 0 aliphatic heterocycles. The first-order valence-corrected chi connectivity index (χ1v) is 5.51. The second-order valence-corrected chi connectivity index (χ2v) is 3.91. The number of benzene rings is 2. The van der Waals surface area contributed by atoms with Gasteiger partial charge in [-0.3, -0.25) is 0 Å². The number of hydrogen-bond donors (Lipinski definition) is 0. The standard InChI is InChI=1S/C15H8F4O/c1-2-10-3-4-12(9-14(10)20-15(17,18)19)11-5-7-13(16)8-6-11/h1,3-9H. The number of alkyl halides is 3. The van der Waals surface area contributed by atoms with E-state index in [-0.39, 0.29) is 5.56 Å². The van der Waals surface area contributed by atoms with Gasteiger partial charge in [-0.1, -0.05) is 24.1 Å². The van der Waals surface area contributed by atoms with Crippen molar-refractivity contribution in [1.29, 1.82) is 0 Å². The zero-order chi connectivity index (χ0) is 14.8. The van der Waals surface area contributed by atoms with E-state index in [1.165, 1.54) is 36.4 Å². The van der Waals surface area contributed by atoms with Crippen molar-refractivity contribution in [3.8, 4) is 29.2 Å². The minimum atomic E-state index is -4.83. The largest absolute Gasteiger partial charge is 0.573 e. The fraction of sp³-hybridized carbons (Fsp3) is 0.0667. The Labute approximate surface area is 112 Å². The van der Waals surface area contributed by atoms with Crippen molar-refractivity contribution in [1.82, 2.24) is 0 Å². The molecule has 1 nitrogen and oxygen atoms in total. The lowest BCUT2D eigenvalue weighted by molar-refractivity contribution is -0.274. The highest BCUT2D eigenvalue weighted by Crippen LogP contribution is 2.31. The van der Waals surface area contributed by atoms with Gasteiger partial charge in [0.05, 0.1) is 5.56 Å². The molecule has 20 heavy (non-hydrogen) atoms. The van der Waals surface area contributed by atoms with Gasteiger partial charge in [-0.2, -0.15) is 0 Å². The van der Waals surface area contributed by atoms with Crippen LogP contribution in [0.25, 0.3) is 11.1 Å². The lowest BCUT2D eigenvalue weighted by Gasteiger charge is -2.12. The molecule has 0 aliphatic rings. The number of ether oxygens (including phenoxy) is 1. The first-order chi connectivity index (χ1) is 9.39. The molecular formula is C15H8F4O. The molecule has 0 bridgehead atoms. The Hall–Kier alpha value is -2.48. The van der Waals surface area contributed by atoms with Gasteiger partial charge >= 0.3 is 6.36 Å². The molecule has 0 radical (unpaired) electrons. The van der Waals surface area contributed by atoms with E-state index in [2.05, 4.69) is 10.7 Å². The Kier molecular flexibility index (Phi) is 3.66. The van der Waals surface area contributed by atoms with E-state index >= 15 is 0 Å².